The molecule has 0 aliphatic carbocycles. The zero-order valence-electron chi connectivity index (χ0n) is 16.2. The van der Waals surface area contributed by atoms with E-state index in [9.17, 15) is 9.59 Å². The first kappa shape index (κ1) is 21.7. The molecule has 0 atom stereocenters. The molecule has 0 saturated carbocycles. The number of hydrogen-bond acceptors (Lipinski definition) is 4. The average Bonchev–Trinajstić information content (AvgIpc) is 2.75. The molecule has 0 bridgehead atoms. The summed E-state index contributed by atoms with van der Waals surface area (Å²) >= 11 is 12.0. The Bertz CT molecular complexity index is 1050. The minimum atomic E-state index is -0.542. The largest absolute Gasteiger partial charge is 0.482 e. The Kier molecular flexibility index (Phi) is 7.33. The second-order valence-corrected chi connectivity index (χ2v) is 7.21. The molecular weight excluding hydrogens is 425 g/mol. The summed E-state index contributed by atoms with van der Waals surface area (Å²) in [4.78, 5) is 24.4. The van der Waals surface area contributed by atoms with E-state index in [-0.39, 0.29) is 12.5 Å². The second-order valence-electron chi connectivity index (χ2n) is 6.37. The molecule has 30 heavy (non-hydrogen) atoms. The molecule has 0 saturated heterocycles. The predicted octanol–water partition coefficient (Wildman–Crippen LogP) is 5.79. The molecule has 5 nitrogen and oxygen atoms in total. The van der Waals surface area contributed by atoms with Gasteiger partial charge in [0.25, 0.3) is 5.91 Å². The maximum Gasteiger partial charge on any atom is 0.349 e. The molecule has 0 heterocycles. The Morgan fingerprint density at radius 2 is 1.70 bits per heavy atom. The molecule has 0 fully saturated rings. The normalized spacial score (nSPS) is 10.4. The third-order valence-electron chi connectivity index (χ3n) is 4.19. The number of carbonyl (C=O) groups excluding carboxylic acids is 2. The number of halogens is 2. The van der Waals surface area contributed by atoms with Crippen molar-refractivity contribution in [1.82, 2.24) is 0 Å². The van der Waals surface area contributed by atoms with Crippen molar-refractivity contribution in [2.45, 2.75) is 13.3 Å². The van der Waals surface area contributed by atoms with E-state index in [1.807, 2.05) is 25.1 Å². The minimum absolute atomic E-state index is 0.220. The highest BCUT2D eigenvalue weighted by molar-refractivity contribution is 6.35. The van der Waals surface area contributed by atoms with Crippen LogP contribution in [-0.2, 0) is 11.2 Å². The number of rotatable bonds is 7. The van der Waals surface area contributed by atoms with Gasteiger partial charge in [-0.05, 0) is 66.6 Å². The van der Waals surface area contributed by atoms with Crippen LogP contribution in [0, 0.1) is 0 Å². The molecule has 0 aliphatic rings. The maximum atomic E-state index is 12.4. The van der Waals surface area contributed by atoms with E-state index >= 15 is 0 Å². The van der Waals surface area contributed by atoms with E-state index in [1.165, 1.54) is 12.1 Å². The number of ether oxygens (including phenoxy) is 2. The van der Waals surface area contributed by atoms with Gasteiger partial charge >= 0.3 is 5.97 Å². The van der Waals surface area contributed by atoms with Gasteiger partial charge in [0.2, 0.25) is 0 Å². The van der Waals surface area contributed by atoms with Crippen molar-refractivity contribution in [2.24, 2.45) is 0 Å². The lowest BCUT2D eigenvalue weighted by Crippen LogP contribution is -2.18. The molecule has 154 valence electrons. The Hall–Kier alpha value is -3.02. The second kappa shape index (κ2) is 10.1. The quantitative estimate of drug-likeness (QED) is 0.370. The number of aryl methyl sites for hydroxylation is 1. The SMILES string of the molecule is CCc1cccc(OCC(=O)Oc2ccc(C(=O)Nc3cc(Cl)ccc3Cl)cc2)c1. The summed E-state index contributed by atoms with van der Waals surface area (Å²) in [5.41, 5.74) is 1.90. The van der Waals surface area contributed by atoms with Gasteiger partial charge in [0.05, 0.1) is 10.7 Å². The molecule has 7 heteroatoms. The molecule has 0 unspecified atom stereocenters. The van der Waals surface area contributed by atoms with Crippen LogP contribution in [0.4, 0.5) is 5.69 Å². The van der Waals surface area contributed by atoms with Gasteiger partial charge in [-0.15, -0.1) is 0 Å². The molecule has 3 aromatic carbocycles. The van der Waals surface area contributed by atoms with Gasteiger partial charge in [-0.25, -0.2) is 4.79 Å². The number of anilines is 1. The van der Waals surface area contributed by atoms with Crippen molar-refractivity contribution in [2.75, 3.05) is 11.9 Å². The fraction of sp³-hybridized carbons (Fsp3) is 0.130. The highest BCUT2D eigenvalue weighted by Gasteiger charge is 2.11. The van der Waals surface area contributed by atoms with Crippen molar-refractivity contribution >= 4 is 40.8 Å². The van der Waals surface area contributed by atoms with Crippen LogP contribution < -0.4 is 14.8 Å². The van der Waals surface area contributed by atoms with E-state index in [2.05, 4.69) is 5.32 Å². The zero-order valence-corrected chi connectivity index (χ0v) is 17.7. The summed E-state index contributed by atoms with van der Waals surface area (Å²) in [5.74, 6) is 0.0113. The van der Waals surface area contributed by atoms with Crippen molar-refractivity contribution in [1.29, 1.82) is 0 Å². The summed E-state index contributed by atoms with van der Waals surface area (Å²) in [6.07, 6.45) is 0.880. The van der Waals surface area contributed by atoms with E-state index < -0.39 is 5.97 Å². The maximum absolute atomic E-state index is 12.4. The molecular formula is C23H19Cl2NO4. The predicted molar refractivity (Wildman–Crippen MR) is 118 cm³/mol. The molecule has 3 aromatic rings. The third kappa shape index (κ3) is 5.99. The van der Waals surface area contributed by atoms with Crippen LogP contribution in [0.3, 0.4) is 0 Å². The lowest BCUT2D eigenvalue weighted by molar-refractivity contribution is -0.136. The highest BCUT2D eigenvalue weighted by atomic mass is 35.5. The highest BCUT2D eigenvalue weighted by Crippen LogP contribution is 2.26. The van der Waals surface area contributed by atoms with Gasteiger partial charge in [-0.3, -0.25) is 4.79 Å². The van der Waals surface area contributed by atoms with E-state index in [0.717, 1.165) is 12.0 Å². The van der Waals surface area contributed by atoms with Crippen LogP contribution in [0.25, 0.3) is 0 Å². The van der Waals surface area contributed by atoms with E-state index in [0.29, 0.717) is 32.8 Å². The van der Waals surface area contributed by atoms with E-state index in [1.54, 1.807) is 36.4 Å². The van der Waals surface area contributed by atoms with Crippen molar-refractivity contribution in [3.8, 4) is 11.5 Å². The summed E-state index contributed by atoms with van der Waals surface area (Å²) in [5, 5.41) is 3.53. The monoisotopic (exact) mass is 443 g/mol. The van der Waals surface area contributed by atoms with Gasteiger partial charge < -0.3 is 14.8 Å². The summed E-state index contributed by atoms with van der Waals surface area (Å²) in [6.45, 7) is 1.82. The van der Waals surface area contributed by atoms with Crippen LogP contribution in [0.5, 0.6) is 11.5 Å². The Morgan fingerprint density at radius 3 is 2.43 bits per heavy atom. The topological polar surface area (TPSA) is 64.6 Å². The van der Waals surface area contributed by atoms with Crippen LogP contribution in [0.15, 0.2) is 66.7 Å². The van der Waals surface area contributed by atoms with Crippen LogP contribution in [0.1, 0.15) is 22.8 Å². The van der Waals surface area contributed by atoms with Gasteiger partial charge in [0.15, 0.2) is 6.61 Å². The Balaban J connectivity index is 1.55. The van der Waals surface area contributed by atoms with Gasteiger partial charge in [0.1, 0.15) is 11.5 Å². The number of nitrogens with one attached hydrogen (secondary N) is 1. The van der Waals surface area contributed by atoms with Crippen molar-refractivity contribution in [3.05, 3.63) is 87.9 Å². The first-order valence-electron chi connectivity index (χ1n) is 9.23. The molecule has 3 rings (SSSR count). The zero-order chi connectivity index (χ0) is 21.5. The van der Waals surface area contributed by atoms with E-state index in [4.69, 9.17) is 32.7 Å². The number of carbonyl (C=O) groups is 2. The lowest BCUT2D eigenvalue weighted by Gasteiger charge is -2.09. The fourth-order valence-electron chi connectivity index (χ4n) is 2.62. The van der Waals surface area contributed by atoms with Gasteiger partial charge in [0, 0.05) is 10.6 Å². The molecule has 0 aromatic heterocycles. The minimum Gasteiger partial charge on any atom is -0.482 e. The van der Waals surface area contributed by atoms with Crippen LogP contribution >= 0.6 is 23.2 Å². The number of esters is 1. The Labute approximate surface area is 184 Å². The first-order chi connectivity index (χ1) is 14.4. The standard InChI is InChI=1S/C23H19Cl2NO4/c1-2-15-4-3-5-19(12-15)29-14-22(27)30-18-9-6-16(7-10-18)23(28)26-21-13-17(24)8-11-20(21)25/h3-13H,2,14H2,1H3,(H,26,28). The van der Waals surface area contributed by atoms with Crippen molar-refractivity contribution < 1.29 is 19.1 Å². The summed E-state index contributed by atoms with van der Waals surface area (Å²) in [6, 6.07) is 18.5. The van der Waals surface area contributed by atoms with Gasteiger partial charge in [-0.1, -0.05) is 42.3 Å². The third-order valence-corrected chi connectivity index (χ3v) is 4.75. The summed E-state index contributed by atoms with van der Waals surface area (Å²) in [7, 11) is 0. The fourth-order valence-corrected chi connectivity index (χ4v) is 2.96. The smallest absolute Gasteiger partial charge is 0.349 e. The van der Waals surface area contributed by atoms with Crippen LogP contribution in [-0.4, -0.2) is 18.5 Å². The van der Waals surface area contributed by atoms with Gasteiger partial charge in [-0.2, -0.15) is 0 Å². The number of amides is 1. The lowest BCUT2D eigenvalue weighted by atomic mass is 10.2. The number of hydrogen-bond donors (Lipinski definition) is 1. The average molecular weight is 444 g/mol. The van der Waals surface area contributed by atoms with Crippen molar-refractivity contribution in [3.63, 3.8) is 0 Å². The molecule has 0 aliphatic heterocycles. The molecule has 0 spiro atoms. The summed E-state index contributed by atoms with van der Waals surface area (Å²) < 4.78 is 10.7. The molecule has 0 radical (unpaired) electrons. The number of benzene rings is 3. The molecule has 1 amide bonds. The first-order valence-corrected chi connectivity index (χ1v) is 9.99. The molecule has 1 N–H and O–H groups in total. The van der Waals surface area contributed by atoms with Crippen LogP contribution in [0.2, 0.25) is 10.0 Å². The Morgan fingerprint density at radius 1 is 0.933 bits per heavy atom.